The van der Waals surface area contributed by atoms with Crippen molar-refractivity contribution in [2.24, 2.45) is 0 Å². The molecule has 30 heavy (non-hydrogen) atoms. The van der Waals surface area contributed by atoms with Gasteiger partial charge in [-0.1, -0.05) is 42.1 Å². The molecule has 0 atom stereocenters. The highest BCUT2D eigenvalue weighted by molar-refractivity contribution is 7.98. The third kappa shape index (κ3) is 4.79. The summed E-state index contributed by atoms with van der Waals surface area (Å²) in [5.74, 6) is 0.530. The van der Waals surface area contributed by atoms with E-state index in [0.29, 0.717) is 16.7 Å². The fourth-order valence-corrected chi connectivity index (χ4v) is 3.03. The molecule has 0 radical (unpaired) electrons. The van der Waals surface area contributed by atoms with Gasteiger partial charge in [0, 0.05) is 29.7 Å². The first-order chi connectivity index (χ1) is 14.7. The molecule has 0 spiro atoms. The number of rotatable bonds is 6. The monoisotopic (exact) mass is 415 g/mol. The van der Waals surface area contributed by atoms with E-state index in [0.717, 1.165) is 16.9 Å². The zero-order valence-corrected chi connectivity index (χ0v) is 16.8. The van der Waals surface area contributed by atoms with Crippen LogP contribution in [0.3, 0.4) is 0 Å². The number of hydrogen-bond acceptors (Lipinski definition) is 8. The molecular formula is C22H17N5O2S. The highest BCUT2D eigenvalue weighted by atomic mass is 32.2. The van der Waals surface area contributed by atoms with Crippen LogP contribution in [-0.2, 0) is 0 Å². The van der Waals surface area contributed by atoms with Gasteiger partial charge in [0.1, 0.15) is 11.6 Å². The van der Waals surface area contributed by atoms with Crippen LogP contribution < -0.4 is 10.1 Å². The van der Waals surface area contributed by atoms with E-state index in [1.165, 1.54) is 30.4 Å². The third-order valence-corrected chi connectivity index (χ3v) is 4.62. The Bertz CT molecular complexity index is 1140. The first kappa shape index (κ1) is 19.5. The molecule has 4 rings (SSSR count). The molecule has 2 aromatic carbocycles. The number of carbonyl (C=O) groups excluding carboxylic acids is 1. The maximum absolute atomic E-state index is 12.1. The molecule has 0 fully saturated rings. The minimum Gasteiger partial charge on any atom is -0.422 e. The van der Waals surface area contributed by atoms with Gasteiger partial charge in [-0.05, 0) is 30.5 Å². The van der Waals surface area contributed by atoms with E-state index in [9.17, 15) is 4.79 Å². The summed E-state index contributed by atoms with van der Waals surface area (Å²) >= 11 is 1.48. The van der Waals surface area contributed by atoms with Crippen molar-refractivity contribution in [3.8, 4) is 17.0 Å². The second-order valence-electron chi connectivity index (χ2n) is 6.12. The lowest BCUT2D eigenvalue weighted by molar-refractivity contribution is 0.0728. The molecule has 0 aliphatic rings. The van der Waals surface area contributed by atoms with Gasteiger partial charge in [0.05, 0.1) is 11.9 Å². The molecule has 0 aliphatic heterocycles. The Balaban J connectivity index is 1.50. The lowest BCUT2D eigenvalue weighted by atomic mass is 10.1. The number of carbonyl (C=O) groups is 1. The fourth-order valence-electron chi connectivity index (χ4n) is 2.66. The summed E-state index contributed by atoms with van der Waals surface area (Å²) in [5.41, 5.74) is 2.81. The third-order valence-electron chi connectivity index (χ3n) is 4.07. The fraction of sp³-hybridized carbons (Fsp3) is 0.0455. The van der Waals surface area contributed by atoms with Gasteiger partial charge in [0.15, 0.2) is 10.9 Å². The van der Waals surface area contributed by atoms with E-state index >= 15 is 0 Å². The van der Waals surface area contributed by atoms with Crippen LogP contribution in [0.2, 0.25) is 0 Å². The summed E-state index contributed by atoms with van der Waals surface area (Å²) in [4.78, 5) is 29.0. The summed E-state index contributed by atoms with van der Waals surface area (Å²) in [5, 5.41) is 3.95. The number of nitrogens with one attached hydrogen (secondary N) is 1. The van der Waals surface area contributed by atoms with E-state index < -0.39 is 5.97 Å². The molecule has 4 aromatic rings. The lowest BCUT2D eigenvalue weighted by Crippen LogP contribution is -2.10. The van der Waals surface area contributed by atoms with Crippen LogP contribution in [0.4, 0.5) is 11.5 Å². The van der Waals surface area contributed by atoms with Gasteiger partial charge in [-0.3, -0.25) is 4.98 Å². The average molecular weight is 415 g/mol. The van der Waals surface area contributed by atoms with Crippen molar-refractivity contribution < 1.29 is 9.53 Å². The van der Waals surface area contributed by atoms with E-state index in [1.807, 2.05) is 54.8 Å². The van der Waals surface area contributed by atoms with Crippen LogP contribution in [0.15, 0.2) is 84.4 Å². The lowest BCUT2D eigenvalue weighted by Gasteiger charge is -2.10. The van der Waals surface area contributed by atoms with E-state index in [1.54, 1.807) is 12.1 Å². The van der Waals surface area contributed by atoms with Crippen molar-refractivity contribution in [1.29, 1.82) is 0 Å². The number of aromatic nitrogens is 4. The second kappa shape index (κ2) is 9.15. The first-order valence-corrected chi connectivity index (χ1v) is 10.3. The first-order valence-electron chi connectivity index (χ1n) is 9.05. The van der Waals surface area contributed by atoms with Gasteiger partial charge < -0.3 is 10.1 Å². The molecule has 148 valence electrons. The number of anilines is 2. The van der Waals surface area contributed by atoms with Crippen molar-refractivity contribution in [2.45, 2.75) is 5.16 Å². The average Bonchev–Trinajstić information content (AvgIpc) is 2.81. The predicted molar refractivity (Wildman–Crippen MR) is 116 cm³/mol. The highest BCUT2D eigenvalue weighted by Crippen LogP contribution is 2.25. The van der Waals surface area contributed by atoms with Gasteiger partial charge >= 0.3 is 5.97 Å². The summed E-state index contributed by atoms with van der Waals surface area (Å²) in [6, 6.07) is 18.9. The van der Waals surface area contributed by atoms with Crippen LogP contribution in [0, 0.1) is 0 Å². The van der Waals surface area contributed by atoms with Gasteiger partial charge in [0.2, 0.25) is 0 Å². The molecule has 7 nitrogen and oxygen atoms in total. The molecule has 0 bridgehead atoms. The van der Waals surface area contributed by atoms with Gasteiger partial charge in [-0.25, -0.2) is 19.7 Å². The quantitative estimate of drug-likeness (QED) is 0.211. The largest absolute Gasteiger partial charge is 0.422 e. The minimum atomic E-state index is -0.559. The Morgan fingerprint density at radius 2 is 1.80 bits per heavy atom. The molecule has 8 heteroatoms. The zero-order valence-electron chi connectivity index (χ0n) is 16.0. The van der Waals surface area contributed by atoms with Gasteiger partial charge in [0.25, 0.3) is 0 Å². The second-order valence-corrected chi connectivity index (χ2v) is 6.89. The van der Waals surface area contributed by atoms with Crippen LogP contribution in [0.25, 0.3) is 11.3 Å². The normalized spacial score (nSPS) is 10.4. The smallest absolute Gasteiger partial charge is 0.363 e. The van der Waals surface area contributed by atoms with Crippen molar-refractivity contribution >= 4 is 29.2 Å². The standard InChI is InChI=1S/C22H17N5O2S/c1-30-22-26-18(15-5-3-2-4-6-15)13-20(27-22)25-16-7-9-17(10-8-16)29-21(28)19-14-23-11-12-24-19/h2-14H,1H3,(H,25,26,27). The Kier molecular flexibility index (Phi) is 5.95. The molecule has 2 heterocycles. The van der Waals surface area contributed by atoms with Crippen molar-refractivity contribution in [3.05, 3.63) is 84.9 Å². The zero-order chi connectivity index (χ0) is 20.8. The Morgan fingerprint density at radius 1 is 1.00 bits per heavy atom. The van der Waals surface area contributed by atoms with Crippen molar-refractivity contribution in [2.75, 3.05) is 11.6 Å². The Labute approximate surface area is 177 Å². The van der Waals surface area contributed by atoms with E-state index in [-0.39, 0.29) is 5.69 Å². The summed E-state index contributed by atoms with van der Waals surface area (Å²) in [7, 11) is 0. The Hall–Kier alpha value is -3.78. The molecule has 0 saturated heterocycles. The number of hydrogen-bond donors (Lipinski definition) is 1. The maximum Gasteiger partial charge on any atom is 0.363 e. The molecule has 0 amide bonds. The van der Waals surface area contributed by atoms with Gasteiger partial charge in [-0.2, -0.15) is 0 Å². The van der Waals surface area contributed by atoms with E-state index in [4.69, 9.17) is 4.74 Å². The van der Waals surface area contributed by atoms with Crippen LogP contribution in [0.5, 0.6) is 5.75 Å². The number of ether oxygens (including phenoxy) is 1. The highest BCUT2D eigenvalue weighted by Gasteiger charge is 2.10. The molecule has 0 unspecified atom stereocenters. The SMILES string of the molecule is CSc1nc(Nc2ccc(OC(=O)c3cnccn3)cc2)cc(-c2ccccc2)n1. The molecular weight excluding hydrogens is 398 g/mol. The van der Waals surface area contributed by atoms with Crippen LogP contribution in [0.1, 0.15) is 10.5 Å². The van der Waals surface area contributed by atoms with Crippen molar-refractivity contribution in [3.63, 3.8) is 0 Å². The minimum absolute atomic E-state index is 0.152. The summed E-state index contributed by atoms with van der Waals surface area (Å²) < 4.78 is 5.32. The molecule has 0 saturated carbocycles. The predicted octanol–water partition coefficient (Wildman–Crippen LogP) is 4.62. The number of thioether (sulfide) groups is 1. The van der Waals surface area contributed by atoms with Gasteiger partial charge in [-0.15, -0.1) is 0 Å². The molecule has 1 N–H and O–H groups in total. The number of nitrogens with zero attached hydrogens (tertiary/aromatic N) is 4. The molecule has 2 aromatic heterocycles. The molecule has 0 aliphatic carbocycles. The van der Waals surface area contributed by atoms with E-state index in [2.05, 4.69) is 25.3 Å². The van der Waals surface area contributed by atoms with Crippen LogP contribution in [-0.4, -0.2) is 32.2 Å². The Morgan fingerprint density at radius 3 is 2.50 bits per heavy atom. The summed E-state index contributed by atoms with van der Waals surface area (Å²) in [6.45, 7) is 0. The summed E-state index contributed by atoms with van der Waals surface area (Å²) in [6.07, 6.45) is 6.24. The number of benzene rings is 2. The topological polar surface area (TPSA) is 89.9 Å². The maximum atomic E-state index is 12.1. The van der Waals surface area contributed by atoms with Crippen LogP contribution >= 0.6 is 11.8 Å². The number of esters is 1. The van der Waals surface area contributed by atoms with Crippen molar-refractivity contribution in [1.82, 2.24) is 19.9 Å².